The molecule has 1 heterocycles. The first-order valence-corrected chi connectivity index (χ1v) is 5.43. The van der Waals surface area contributed by atoms with E-state index in [-0.39, 0.29) is 11.3 Å². The van der Waals surface area contributed by atoms with E-state index in [4.69, 9.17) is 5.73 Å². The van der Waals surface area contributed by atoms with Crippen molar-refractivity contribution in [2.45, 2.75) is 6.92 Å². The van der Waals surface area contributed by atoms with Crippen molar-refractivity contribution < 1.29 is 9.90 Å². The number of amides is 2. The summed E-state index contributed by atoms with van der Waals surface area (Å²) in [5, 5.41) is 14.0. The number of primary amides is 1. The van der Waals surface area contributed by atoms with Crippen LogP contribution in [0.1, 0.15) is 11.1 Å². The van der Waals surface area contributed by atoms with E-state index in [1.54, 1.807) is 12.1 Å². The molecule has 0 unspecified atom stereocenters. The summed E-state index contributed by atoms with van der Waals surface area (Å²) < 4.78 is 0. The van der Waals surface area contributed by atoms with Crippen molar-refractivity contribution in [3.63, 3.8) is 0 Å². The number of aryl methyl sites for hydroxylation is 1. The number of hydrogen-bond donors (Lipinski definition) is 4. The topological polar surface area (TPSA) is 121 Å². The number of fused-ring (bicyclic) bond motifs is 1. The number of carbonyl (C=O) groups is 1. The van der Waals surface area contributed by atoms with E-state index in [2.05, 4.69) is 10.1 Å². The van der Waals surface area contributed by atoms with Gasteiger partial charge in [0.05, 0.1) is 11.7 Å². The first kappa shape index (κ1) is 12.6. The quantitative estimate of drug-likeness (QED) is 0.466. The third-order valence-corrected chi connectivity index (χ3v) is 2.55. The lowest BCUT2D eigenvalue weighted by atomic mass is 10.1. The molecular formula is C12H12N4O3. The van der Waals surface area contributed by atoms with Gasteiger partial charge in [0.25, 0.3) is 5.56 Å². The molecular weight excluding hydrogens is 248 g/mol. The van der Waals surface area contributed by atoms with Crippen molar-refractivity contribution in [2.24, 2.45) is 10.8 Å². The maximum Gasteiger partial charge on any atom is 0.332 e. The summed E-state index contributed by atoms with van der Waals surface area (Å²) >= 11 is 0. The van der Waals surface area contributed by atoms with Crippen LogP contribution in [0.5, 0.6) is 5.75 Å². The van der Waals surface area contributed by atoms with E-state index in [0.717, 1.165) is 11.8 Å². The zero-order valence-corrected chi connectivity index (χ0v) is 10.1. The van der Waals surface area contributed by atoms with Gasteiger partial charge in [0.15, 0.2) is 0 Å². The van der Waals surface area contributed by atoms with Gasteiger partial charge in [-0.1, -0.05) is 11.6 Å². The normalized spacial score (nSPS) is 11.0. The van der Waals surface area contributed by atoms with Crippen molar-refractivity contribution in [2.75, 3.05) is 0 Å². The second-order valence-electron chi connectivity index (χ2n) is 4.00. The Morgan fingerprint density at radius 1 is 1.53 bits per heavy atom. The van der Waals surface area contributed by atoms with Crippen LogP contribution in [0.25, 0.3) is 10.9 Å². The minimum atomic E-state index is -0.858. The van der Waals surface area contributed by atoms with E-state index in [0.29, 0.717) is 10.9 Å². The maximum absolute atomic E-state index is 11.8. The van der Waals surface area contributed by atoms with E-state index in [1.165, 1.54) is 0 Å². The Morgan fingerprint density at radius 2 is 2.26 bits per heavy atom. The molecule has 7 nitrogen and oxygen atoms in total. The molecule has 19 heavy (non-hydrogen) atoms. The number of H-pyrrole nitrogens is 1. The summed E-state index contributed by atoms with van der Waals surface area (Å²) in [7, 11) is 0. The van der Waals surface area contributed by atoms with Gasteiger partial charge in [-0.3, -0.25) is 4.79 Å². The number of benzene rings is 1. The number of nitrogens with one attached hydrogen (secondary N) is 2. The van der Waals surface area contributed by atoms with Gasteiger partial charge >= 0.3 is 6.03 Å². The predicted molar refractivity (Wildman–Crippen MR) is 71.3 cm³/mol. The first-order chi connectivity index (χ1) is 8.99. The van der Waals surface area contributed by atoms with Gasteiger partial charge < -0.3 is 15.8 Å². The Kier molecular flexibility index (Phi) is 3.19. The molecule has 2 rings (SSSR count). The summed E-state index contributed by atoms with van der Waals surface area (Å²) in [6.07, 6.45) is 1.04. The minimum absolute atomic E-state index is 0.0492. The molecule has 5 N–H and O–H groups in total. The molecule has 1 aromatic heterocycles. The Bertz CT molecular complexity index is 734. The van der Waals surface area contributed by atoms with E-state index in [1.807, 2.05) is 18.4 Å². The number of aromatic nitrogens is 1. The molecule has 2 aromatic rings. The second kappa shape index (κ2) is 4.81. The minimum Gasteiger partial charge on any atom is -0.506 e. The fraction of sp³-hybridized carbons (Fsp3) is 0.0833. The van der Waals surface area contributed by atoms with E-state index in [9.17, 15) is 14.7 Å². The fourth-order valence-electron chi connectivity index (χ4n) is 1.69. The second-order valence-corrected chi connectivity index (χ2v) is 4.00. The van der Waals surface area contributed by atoms with E-state index < -0.39 is 11.6 Å². The number of nitrogens with zero attached hydrogens (tertiary/aromatic N) is 1. The van der Waals surface area contributed by atoms with Crippen molar-refractivity contribution >= 4 is 23.1 Å². The molecule has 0 fully saturated rings. The molecule has 1 aromatic carbocycles. The SMILES string of the molecule is Cc1ccc2[nH]c(=O)c(/C=N\NC(N)=O)c(O)c2c1. The Hall–Kier alpha value is -2.83. The van der Waals surface area contributed by atoms with Crippen molar-refractivity contribution in [3.8, 4) is 5.75 Å². The molecule has 0 saturated carbocycles. The average Bonchev–Trinajstić information content (AvgIpc) is 2.34. The van der Waals surface area contributed by atoms with Crippen LogP contribution >= 0.6 is 0 Å². The number of urea groups is 1. The smallest absolute Gasteiger partial charge is 0.332 e. The molecule has 0 aliphatic heterocycles. The zero-order valence-electron chi connectivity index (χ0n) is 10.1. The number of aromatic amines is 1. The van der Waals surface area contributed by atoms with Crippen molar-refractivity contribution in [1.82, 2.24) is 10.4 Å². The van der Waals surface area contributed by atoms with Crippen molar-refractivity contribution in [3.05, 3.63) is 39.7 Å². The van der Waals surface area contributed by atoms with Crippen LogP contribution in [0, 0.1) is 6.92 Å². The monoisotopic (exact) mass is 260 g/mol. The maximum atomic E-state index is 11.8. The number of hydrazone groups is 1. The van der Waals surface area contributed by atoms with Crippen LogP contribution in [-0.2, 0) is 0 Å². The number of nitrogens with two attached hydrogens (primary N) is 1. The lowest BCUT2D eigenvalue weighted by molar-refractivity contribution is 0.249. The molecule has 0 saturated heterocycles. The number of rotatable bonds is 2. The Morgan fingerprint density at radius 3 is 2.95 bits per heavy atom. The van der Waals surface area contributed by atoms with Crippen LogP contribution in [0.4, 0.5) is 4.79 Å². The molecule has 0 atom stereocenters. The molecule has 0 bridgehead atoms. The third kappa shape index (κ3) is 2.54. The molecule has 98 valence electrons. The van der Waals surface area contributed by atoms with Gasteiger partial charge in [-0.15, -0.1) is 0 Å². The summed E-state index contributed by atoms with van der Waals surface area (Å²) in [6, 6.07) is 4.40. The highest BCUT2D eigenvalue weighted by atomic mass is 16.3. The molecule has 2 amide bonds. The zero-order chi connectivity index (χ0) is 14.0. The lowest BCUT2D eigenvalue weighted by Gasteiger charge is -2.04. The Labute approximate surface area is 107 Å². The molecule has 0 spiro atoms. The highest BCUT2D eigenvalue weighted by molar-refractivity contribution is 5.95. The summed E-state index contributed by atoms with van der Waals surface area (Å²) in [6.45, 7) is 1.87. The van der Waals surface area contributed by atoms with E-state index >= 15 is 0 Å². The number of hydrogen-bond acceptors (Lipinski definition) is 4. The van der Waals surface area contributed by atoms with Gasteiger partial charge in [-0.25, -0.2) is 10.2 Å². The van der Waals surface area contributed by atoms with Gasteiger partial charge in [-0.2, -0.15) is 5.10 Å². The largest absolute Gasteiger partial charge is 0.506 e. The first-order valence-electron chi connectivity index (χ1n) is 5.43. The summed E-state index contributed by atoms with van der Waals surface area (Å²) in [4.78, 5) is 24.8. The van der Waals surface area contributed by atoms with Crippen molar-refractivity contribution in [1.29, 1.82) is 0 Å². The highest BCUT2D eigenvalue weighted by Gasteiger charge is 2.10. The van der Waals surface area contributed by atoms with Crippen LogP contribution < -0.4 is 16.7 Å². The Balaban J connectivity index is 2.58. The number of pyridine rings is 1. The fourth-order valence-corrected chi connectivity index (χ4v) is 1.69. The number of aromatic hydroxyl groups is 1. The van der Waals surface area contributed by atoms with Crippen LogP contribution in [0.3, 0.4) is 0 Å². The van der Waals surface area contributed by atoms with Gasteiger partial charge in [0.2, 0.25) is 0 Å². The summed E-state index contributed by atoms with van der Waals surface area (Å²) in [5.74, 6) is -0.197. The lowest BCUT2D eigenvalue weighted by Crippen LogP contribution is -2.25. The number of carbonyl (C=O) groups excluding carboxylic acids is 1. The van der Waals surface area contributed by atoms with Gasteiger partial charge in [0.1, 0.15) is 11.3 Å². The summed E-state index contributed by atoms with van der Waals surface area (Å²) in [5.41, 5.74) is 7.68. The molecule has 0 aliphatic rings. The third-order valence-electron chi connectivity index (χ3n) is 2.55. The van der Waals surface area contributed by atoms with Gasteiger partial charge in [-0.05, 0) is 19.1 Å². The molecule has 0 aliphatic carbocycles. The molecule has 7 heteroatoms. The highest BCUT2D eigenvalue weighted by Crippen LogP contribution is 2.24. The standard InChI is InChI=1S/C12H12N4O3/c1-6-2-3-9-7(4-6)10(17)8(11(18)15-9)5-14-16-12(13)19/h2-5H,1H3,(H3,13,16,19)(H2,15,17,18)/b14-5-. The predicted octanol–water partition coefficient (Wildman–Crippen LogP) is 0.544. The molecule has 0 radical (unpaired) electrons. The van der Waals surface area contributed by atoms with Crippen LogP contribution in [0.2, 0.25) is 0 Å². The van der Waals surface area contributed by atoms with Crippen LogP contribution in [-0.4, -0.2) is 22.3 Å². The van der Waals surface area contributed by atoms with Crippen LogP contribution in [0.15, 0.2) is 28.1 Å². The van der Waals surface area contributed by atoms with Gasteiger partial charge in [0, 0.05) is 5.39 Å². The average molecular weight is 260 g/mol.